The molecule has 10 heteroatoms. The molecule has 2 aliphatic rings. The molecule has 6 nitrogen and oxygen atoms in total. The third kappa shape index (κ3) is 5.59. The van der Waals surface area contributed by atoms with Crippen LogP contribution in [0.15, 0.2) is 53.4 Å². The number of rotatable bonds is 6. The number of amides is 1. The van der Waals surface area contributed by atoms with Gasteiger partial charge < -0.3 is 9.64 Å². The Morgan fingerprint density at radius 3 is 2.38 bits per heavy atom. The summed E-state index contributed by atoms with van der Waals surface area (Å²) in [6, 6.07) is 12.8. The Bertz CT molecular complexity index is 1040. The van der Waals surface area contributed by atoms with E-state index in [4.69, 9.17) is 4.74 Å². The van der Waals surface area contributed by atoms with Crippen LogP contribution in [0.25, 0.3) is 0 Å². The second kappa shape index (κ2) is 10.5. The van der Waals surface area contributed by atoms with E-state index in [0.29, 0.717) is 10.3 Å². The van der Waals surface area contributed by atoms with Gasteiger partial charge in [-0.05, 0) is 53.8 Å². The number of ether oxygens (including phenoxy) is 1. The van der Waals surface area contributed by atoms with Crippen LogP contribution in [0.1, 0.15) is 16.6 Å². The molecule has 1 amide bonds. The molecule has 0 bridgehead atoms. The quantitative estimate of drug-likeness (QED) is 0.609. The van der Waals surface area contributed by atoms with Gasteiger partial charge in [0.25, 0.3) is 5.91 Å². The molecule has 0 N–H and O–H groups in total. The maximum absolute atomic E-state index is 13.4. The molecule has 0 unspecified atom stereocenters. The summed E-state index contributed by atoms with van der Waals surface area (Å²) in [4.78, 5) is 14.1. The molecule has 0 atom stereocenters. The molecule has 172 valence electrons. The fraction of sp³-hybridized carbons (Fsp3) is 0.409. The van der Waals surface area contributed by atoms with Crippen LogP contribution >= 0.6 is 23.5 Å². The number of benzene rings is 2. The number of hydrogen-bond donors (Lipinski definition) is 0. The Morgan fingerprint density at radius 1 is 1.03 bits per heavy atom. The monoisotopic (exact) mass is 496 g/mol. The van der Waals surface area contributed by atoms with Crippen molar-refractivity contribution in [3.63, 3.8) is 0 Å². The predicted molar refractivity (Wildman–Crippen MR) is 126 cm³/mol. The lowest BCUT2D eigenvalue weighted by Crippen LogP contribution is -2.51. The minimum atomic E-state index is -3.78. The van der Waals surface area contributed by atoms with E-state index in [1.807, 2.05) is 47.8 Å². The van der Waals surface area contributed by atoms with Crippen LogP contribution in [-0.2, 0) is 14.8 Å². The molecule has 0 saturated carbocycles. The predicted octanol–water partition coefficient (Wildman–Crippen LogP) is 3.61. The summed E-state index contributed by atoms with van der Waals surface area (Å²) < 4.78 is 46.2. The lowest BCUT2D eigenvalue weighted by Gasteiger charge is -2.34. The number of sulfonamides is 1. The van der Waals surface area contributed by atoms with Crippen LogP contribution in [-0.4, -0.2) is 67.8 Å². The largest absolute Gasteiger partial charge is 0.484 e. The number of halogens is 1. The van der Waals surface area contributed by atoms with Gasteiger partial charge >= 0.3 is 0 Å². The molecule has 2 aromatic rings. The Morgan fingerprint density at radius 2 is 1.72 bits per heavy atom. The summed E-state index contributed by atoms with van der Waals surface area (Å²) in [6.45, 7) is 0.770. The summed E-state index contributed by atoms with van der Waals surface area (Å²) in [6.07, 6.45) is 1.25. The van der Waals surface area contributed by atoms with Crippen molar-refractivity contribution in [2.75, 3.05) is 44.3 Å². The molecule has 2 heterocycles. The SMILES string of the molecule is O=C(COc1ccc(C2SCCCS2)cc1)N1CCN(S(=O)(=O)c2cccc(F)c2)CC1. The van der Waals surface area contributed by atoms with Gasteiger partial charge in [0.2, 0.25) is 10.0 Å². The molecule has 2 fully saturated rings. The van der Waals surface area contributed by atoms with Gasteiger partial charge in [-0.15, -0.1) is 23.5 Å². The number of carbonyl (C=O) groups excluding carboxylic acids is 1. The fourth-order valence-corrected chi connectivity index (χ4v) is 7.94. The van der Waals surface area contributed by atoms with Crippen LogP contribution in [0.3, 0.4) is 0 Å². The number of nitrogens with zero attached hydrogens (tertiary/aromatic N) is 2. The second-order valence-electron chi connectivity index (χ2n) is 7.53. The molecule has 2 aliphatic heterocycles. The normalized spacial score (nSPS) is 18.5. The van der Waals surface area contributed by atoms with Gasteiger partial charge in [0.1, 0.15) is 11.6 Å². The van der Waals surface area contributed by atoms with Crippen molar-refractivity contribution in [3.8, 4) is 5.75 Å². The standard InChI is InChI=1S/C22H25FN2O4S3/c23-18-3-1-4-20(15-18)32(27,28)25-11-9-24(10-12-25)21(26)16-29-19-7-5-17(6-8-19)22-30-13-2-14-31-22/h1,3-8,15,22H,2,9-14,16H2. The second-order valence-corrected chi connectivity index (χ2v) is 12.2. The maximum atomic E-state index is 13.4. The van der Waals surface area contributed by atoms with Crippen LogP contribution in [0.4, 0.5) is 4.39 Å². The van der Waals surface area contributed by atoms with Gasteiger partial charge in [0.05, 0.1) is 9.48 Å². The molecular formula is C22H25FN2O4S3. The zero-order valence-corrected chi connectivity index (χ0v) is 19.9. The highest BCUT2D eigenvalue weighted by Crippen LogP contribution is 2.43. The van der Waals surface area contributed by atoms with Crippen LogP contribution in [0.2, 0.25) is 0 Å². The van der Waals surface area contributed by atoms with Crippen LogP contribution in [0.5, 0.6) is 5.75 Å². The molecule has 32 heavy (non-hydrogen) atoms. The third-order valence-electron chi connectivity index (χ3n) is 5.37. The number of hydrogen-bond acceptors (Lipinski definition) is 6. The van der Waals surface area contributed by atoms with E-state index >= 15 is 0 Å². The Kier molecular flexibility index (Phi) is 7.65. The van der Waals surface area contributed by atoms with Crippen molar-refractivity contribution < 1.29 is 22.3 Å². The number of piperazine rings is 1. The smallest absolute Gasteiger partial charge is 0.260 e. The molecule has 2 aromatic carbocycles. The van der Waals surface area contributed by atoms with E-state index in [1.54, 1.807) is 4.90 Å². The van der Waals surface area contributed by atoms with E-state index in [-0.39, 0.29) is 43.6 Å². The van der Waals surface area contributed by atoms with Crippen molar-refractivity contribution in [1.29, 1.82) is 0 Å². The van der Waals surface area contributed by atoms with Crippen molar-refractivity contribution in [2.24, 2.45) is 0 Å². The minimum Gasteiger partial charge on any atom is -0.484 e. The first-order valence-corrected chi connectivity index (χ1v) is 14.0. The van der Waals surface area contributed by atoms with Gasteiger partial charge in [-0.3, -0.25) is 4.79 Å². The Balaban J connectivity index is 1.26. The van der Waals surface area contributed by atoms with E-state index in [9.17, 15) is 17.6 Å². The molecular weight excluding hydrogens is 471 g/mol. The zero-order chi connectivity index (χ0) is 22.6. The maximum Gasteiger partial charge on any atom is 0.260 e. The number of thioether (sulfide) groups is 2. The summed E-state index contributed by atoms with van der Waals surface area (Å²) in [7, 11) is -3.78. The van der Waals surface area contributed by atoms with Crippen LogP contribution < -0.4 is 4.74 Å². The van der Waals surface area contributed by atoms with Gasteiger partial charge in [-0.2, -0.15) is 4.31 Å². The van der Waals surface area contributed by atoms with E-state index in [2.05, 4.69) is 0 Å². The fourth-order valence-electron chi connectivity index (χ4n) is 3.59. The van der Waals surface area contributed by atoms with Gasteiger partial charge in [0, 0.05) is 26.2 Å². The van der Waals surface area contributed by atoms with Crippen LogP contribution in [0, 0.1) is 5.82 Å². The van der Waals surface area contributed by atoms with Crippen molar-refractivity contribution in [1.82, 2.24) is 9.21 Å². The third-order valence-corrected chi connectivity index (χ3v) is 10.3. The molecule has 0 radical (unpaired) electrons. The molecule has 0 spiro atoms. The van der Waals surface area contributed by atoms with E-state index in [0.717, 1.165) is 6.07 Å². The Labute approximate surface area is 196 Å². The molecule has 0 aromatic heterocycles. The topological polar surface area (TPSA) is 66.9 Å². The van der Waals surface area contributed by atoms with Crippen molar-refractivity contribution in [3.05, 3.63) is 59.9 Å². The highest BCUT2D eigenvalue weighted by Gasteiger charge is 2.30. The lowest BCUT2D eigenvalue weighted by molar-refractivity contribution is -0.134. The summed E-state index contributed by atoms with van der Waals surface area (Å²) in [5.74, 6) is 2.22. The average Bonchev–Trinajstić information content (AvgIpc) is 2.83. The summed E-state index contributed by atoms with van der Waals surface area (Å²) in [5, 5.41) is 0. The van der Waals surface area contributed by atoms with Gasteiger partial charge in [-0.1, -0.05) is 18.2 Å². The summed E-state index contributed by atoms with van der Waals surface area (Å²) >= 11 is 3.91. The molecule has 0 aliphatic carbocycles. The van der Waals surface area contributed by atoms with E-state index < -0.39 is 15.8 Å². The first-order chi connectivity index (χ1) is 15.4. The zero-order valence-electron chi connectivity index (χ0n) is 17.5. The first-order valence-electron chi connectivity index (χ1n) is 10.4. The average molecular weight is 497 g/mol. The Hall–Kier alpha value is -1.75. The molecule has 2 saturated heterocycles. The highest BCUT2D eigenvalue weighted by atomic mass is 32.2. The first kappa shape index (κ1) is 23.4. The summed E-state index contributed by atoms with van der Waals surface area (Å²) in [5.41, 5.74) is 1.26. The molecule has 4 rings (SSSR count). The van der Waals surface area contributed by atoms with Crippen molar-refractivity contribution >= 4 is 39.5 Å². The van der Waals surface area contributed by atoms with E-state index in [1.165, 1.54) is 46.0 Å². The minimum absolute atomic E-state index is 0.0749. The number of carbonyl (C=O) groups is 1. The van der Waals surface area contributed by atoms with Gasteiger partial charge in [-0.25, -0.2) is 12.8 Å². The lowest BCUT2D eigenvalue weighted by atomic mass is 10.2. The van der Waals surface area contributed by atoms with Gasteiger partial charge in [0.15, 0.2) is 6.61 Å². The highest BCUT2D eigenvalue weighted by molar-refractivity contribution is 8.16. The van der Waals surface area contributed by atoms with Crippen molar-refractivity contribution in [2.45, 2.75) is 15.9 Å².